The molecule has 3 heterocycles. The third-order valence-electron chi connectivity index (χ3n) is 5.69. The van der Waals surface area contributed by atoms with Crippen LogP contribution in [0.15, 0.2) is 41.8 Å². The van der Waals surface area contributed by atoms with Crippen molar-refractivity contribution in [1.82, 2.24) is 10.2 Å². The first kappa shape index (κ1) is 19.0. The first-order chi connectivity index (χ1) is 13.7. The zero-order valence-corrected chi connectivity index (χ0v) is 16.9. The van der Waals surface area contributed by atoms with Gasteiger partial charge in [0.15, 0.2) is 0 Å². The van der Waals surface area contributed by atoms with E-state index in [2.05, 4.69) is 34.5 Å². The Balaban J connectivity index is 1.29. The molecule has 0 bridgehead atoms. The molecule has 2 aliphatic rings. The summed E-state index contributed by atoms with van der Waals surface area (Å²) >= 11 is 1.46. The lowest BCUT2D eigenvalue weighted by molar-refractivity contribution is -0.126. The molecule has 28 heavy (non-hydrogen) atoms. The zero-order chi connectivity index (χ0) is 19.3. The van der Waals surface area contributed by atoms with Crippen LogP contribution in [-0.2, 0) is 11.3 Å². The molecule has 2 fully saturated rings. The van der Waals surface area contributed by atoms with Gasteiger partial charge in [0.25, 0.3) is 5.91 Å². The highest BCUT2D eigenvalue weighted by atomic mass is 32.1. The SMILES string of the molecule is O=C(NCc1ccc(N2CCCC2)cc1)C1CCCN(C(=O)c2cccs2)C1. The molecular weight excluding hydrogens is 370 g/mol. The Morgan fingerprint density at radius 2 is 1.82 bits per heavy atom. The van der Waals surface area contributed by atoms with Crippen LogP contribution in [0.1, 0.15) is 40.9 Å². The number of benzene rings is 1. The molecule has 148 valence electrons. The van der Waals surface area contributed by atoms with Crippen LogP contribution < -0.4 is 10.2 Å². The number of carbonyl (C=O) groups is 2. The molecule has 1 aromatic carbocycles. The molecule has 6 heteroatoms. The number of anilines is 1. The Bertz CT molecular complexity index is 798. The number of hydrogen-bond donors (Lipinski definition) is 1. The van der Waals surface area contributed by atoms with Crippen molar-refractivity contribution in [2.45, 2.75) is 32.2 Å². The molecule has 1 atom stereocenters. The van der Waals surface area contributed by atoms with Gasteiger partial charge in [0.2, 0.25) is 5.91 Å². The number of rotatable bonds is 5. The highest BCUT2D eigenvalue weighted by Gasteiger charge is 2.29. The standard InChI is InChI=1S/C22H27N3O2S/c26-21(18-5-3-13-25(16-18)22(27)20-6-4-14-28-20)23-15-17-7-9-19(10-8-17)24-11-1-2-12-24/h4,6-10,14,18H,1-3,5,11-13,15-16H2,(H,23,26). The van der Waals surface area contributed by atoms with E-state index in [1.165, 1.54) is 29.9 Å². The Morgan fingerprint density at radius 3 is 2.54 bits per heavy atom. The minimum atomic E-state index is -0.124. The van der Waals surface area contributed by atoms with Crippen molar-refractivity contribution >= 4 is 28.8 Å². The summed E-state index contributed by atoms with van der Waals surface area (Å²) in [6.07, 6.45) is 4.25. The number of hydrogen-bond acceptors (Lipinski definition) is 4. The van der Waals surface area contributed by atoms with E-state index >= 15 is 0 Å². The maximum atomic E-state index is 12.6. The fraction of sp³-hybridized carbons (Fsp3) is 0.455. The third-order valence-corrected chi connectivity index (χ3v) is 6.54. The molecule has 5 nitrogen and oxygen atoms in total. The number of amides is 2. The average Bonchev–Trinajstić information content (AvgIpc) is 3.46. The summed E-state index contributed by atoms with van der Waals surface area (Å²) < 4.78 is 0. The van der Waals surface area contributed by atoms with E-state index in [0.29, 0.717) is 13.1 Å². The average molecular weight is 398 g/mol. The third kappa shape index (κ3) is 4.38. The van der Waals surface area contributed by atoms with Gasteiger partial charge in [0.1, 0.15) is 0 Å². The molecule has 1 N–H and O–H groups in total. The van der Waals surface area contributed by atoms with E-state index < -0.39 is 0 Å². The van der Waals surface area contributed by atoms with Crippen molar-refractivity contribution < 1.29 is 9.59 Å². The fourth-order valence-corrected chi connectivity index (χ4v) is 4.76. The van der Waals surface area contributed by atoms with Crippen LogP contribution in [0.3, 0.4) is 0 Å². The normalized spacial score (nSPS) is 19.6. The van der Waals surface area contributed by atoms with Gasteiger partial charge in [0.05, 0.1) is 10.8 Å². The van der Waals surface area contributed by atoms with Crippen molar-refractivity contribution in [3.8, 4) is 0 Å². The predicted molar refractivity (Wildman–Crippen MR) is 113 cm³/mol. The number of piperidine rings is 1. The first-order valence-electron chi connectivity index (χ1n) is 10.1. The Labute approximate surface area is 170 Å². The van der Waals surface area contributed by atoms with E-state index in [1.54, 1.807) is 0 Å². The molecule has 2 aromatic rings. The molecule has 1 unspecified atom stereocenters. The number of carbonyl (C=O) groups excluding carboxylic acids is 2. The summed E-state index contributed by atoms with van der Waals surface area (Å²) in [5.41, 5.74) is 2.38. The van der Waals surface area contributed by atoms with Gasteiger partial charge in [-0.15, -0.1) is 11.3 Å². The van der Waals surface area contributed by atoms with Gasteiger partial charge in [-0.05, 0) is 54.8 Å². The van der Waals surface area contributed by atoms with Gasteiger partial charge in [0, 0.05) is 38.4 Å². The van der Waals surface area contributed by atoms with E-state index in [4.69, 9.17) is 0 Å². The van der Waals surface area contributed by atoms with Gasteiger partial charge >= 0.3 is 0 Å². The fourth-order valence-electron chi connectivity index (χ4n) is 4.07. The van der Waals surface area contributed by atoms with Crippen LogP contribution in [0.2, 0.25) is 0 Å². The van der Waals surface area contributed by atoms with E-state index in [-0.39, 0.29) is 17.7 Å². The highest BCUT2D eigenvalue weighted by Crippen LogP contribution is 2.22. The molecule has 0 aliphatic carbocycles. The lowest BCUT2D eigenvalue weighted by Crippen LogP contribution is -2.45. The summed E-state index contributed by atoms with van der Waals surface area (Å²) in [7, 11) is 0. The lowest BCUT2D eigenvalue weighted by atomic mass is 9.97. The summed E-state index contributed by atoms with van der Waals surface area (Å²) in [5, 5.41) is 4.98. The summed E-state index contributed by atoms with van der Waals surface area (Å²) in [6, 6.07) is 12.2. The summed E-state index contributed by atoms with van der Waals surface area (Å²) in [5.74, 6) is -0.0289. The minimum absolute atomic E-state index is 0.0463. The van der Waals surface area contributed by atoms with E-state index in [9.17, 15) is 9.59 Å². The van der Waals surface area contributed by atoms with Crippen LogP contribution in [-0.4, -0.2) is 42.9 Å². The second-order valence-electron chi connectivity index (χ2n) is 7.65. The number of thiophene rings is 1. The summed E-state index contributed by atoms with van der Waals surface area (Å²) in [4.78, 5) is 30.2. The van der Waals surface area contributed by atoms with Crippen molar-refractivity contribution in [2.75, 3.05) is 31.1 Å². The van der Waals surface area contributed by atoms with Crippen LogP contribution in [0.5, 0.6) is 0 Å². The second kappa shape index (κ2) is 8.78. The van der Waals surface area contributed by atoms with Gasteiger partial charge in [-0.1, -0.05) is 18.2 Å². The van der Waals surface area contributed by atoms with Gasteiger partial charge < -0.3 is 15.1 Å². The van der Waals surface area contributed by atoms with E-state index in [1.807, 2.05) is 22.4 Å². The Kier molecular flexibility index (Phi) is 5.95. The Morgan fingerprint density at radius 1 is 1.04 bits per heavy atom. The van der Waals surface area contributed by atoms with Crippen molar-refractivity contribution in [3.63, 3.8) is 0 Å². The van der Waals surface area contributed by atoms with Crippen molar-refractivity contribution in [3.05, 3.63) is 52.2 Å². The molecule has 2 saturated heterocycles. The molecule has 2 aliphatic heterocycles. The zero-order valence-electron chi connectivity index (χ0n) is 16.1. The largest absolute Gasteiger partial charge is 0.372 e. The predicted octanol–water partition coefficient (Wildman–Crippen LogP) is 3.52. The van der Waals surface area contributed by atoms with Crippen LogP contribution >= 0.6 is 11.3 Å². The molecule has 0 radical (unpaired) electrons. The maximum absolute atomic E-state index is 12.6. The molecule has 4 rings (SSSR count). The van der Waals surface area contributed by atoms with Crippen LogP contribution in [0.25, 0.3) is 0 Å². The number of nitrogens with zero attached hydrogens (tertiary/aromatic N) is 2. The molecular formula is C22H27N3O2S. The van der Waals surface area contributed by atoms with Gasteiger partial charge in [-0.25, -0.2) is 0 Å². The quantitative estimate of drug-likeness (QED) is 0.840. The minimum Gasteiger partial charge on any atom is -0.372 e. The molecule has 0 spiro atoms. The number of likely N-dealkylation sites (tertiary alicyclic amines) is 1. The topological polar surface area (TPSA) is 52.7 Å². The van der Waals surface area contributed by atoms with Gasteiger partial charge in [-0.2, -0.15) is 0 Å². The van der Waals surface area contributed by atoms with Crippen molar-refractivity contribution in [1.29, 1.82) is 0 Å². The van der Waals surface area contributed by atoms with Crippen LogP contribution in [0, 0.1) is 5.92 Å². The molecule has 2 amide bonds. The van der Waals surface area contributed by atoms with E-state index in [0.717, 1.165) is 42.9 Å². The summed E-state index contributed by atoms with van der Waals surface area (Å²) in [6.45, 7) is 4.06. The molecule has 1 aromatic heterocycles. The monoisotopic (exact) mass is 397 g/mol. The highest BCUT2D eigenvalue weighted by molar-refractivity contribution is 7.12. The maximum Gasteiger partial charge on any atom is 0.263 e. The van der Waals surface area contributed by atoms with Crippen molar-refractivity contribution in [2.24, 2.45) is 5.92 Å². The lowest BCUT2D eigenvalue weighted by Gasteiger charge is -2.31. The van der Waals surface area contributed by atoms with Crippen LogP contribution in [0.4, 0.5) is 5.69 Å². The van der Waals surface area contributed by atoms with Gasteiger partial charge in [-0.3, -0.25) is 9.59 Å². The second-order valence-corrected chi connectivity index (χ2v) is 8.59. The molecule has 0 saturated carbocycles. The first-order valence-corrected chi connectivity index (χ1v) is 11.0. The Hall–Kier alpha value is -2.34. The smallest absolute Gasteiger partial charge is 0.263 e. The number of nitrogens with one attached hydrogen (secondary N) is 1.